The van der Waals surface area contributed by atoms with Crippen molar-refractivity contribution in [3.8, 4) is 0 Å². The highest BCUT2D eigenvalue weighted by atomic mass is 32.2. The molecule has 9 heteroatoms. The first-order valence-electron chi connectivity index (χ1n) is 5.50. The van der Waals surface area contributed by atoms with Crippen molar-refractivity contribution in [3.63, 3.8) is 0 Å². The predicted molar refractivity (Wildman–Crippen MR) is 69.0 cm³/mol. The highest BCUT2D eigenvalue weighted by Gasteiger charge is 2.11. The number of nitrogens with zero attached hydrogens (tertiary/aromatic N) is 1. The van der Waals surface area contributed by atoms with Crippen LogP contribution in [0, 0.1) is 15.9 Å². The van der Waals surface area contributed by atoms with Crippen molar-refractivity contribution in [1.82, 2.24) is 4.72 Å². The summed E-state index contributed by atoms with van der Waals surface area (Å²) in [5.41, 5.74) is -0.226. The number of sulfonamides is 1. The number of nitro groups is 1. The molecule has 19 heavy (non-hydrogen) atoms. The Balaban J connectivity index is 2.66. The van der Waals surface area contributed by atoms with E-state index < -0.39 is 26.5 Å². The van der Waals surface area contributed by atoms with Crippen molar-refractivity contribution in [2.45, 2.75) is 6.92 Å². The molecule has 0 unspecified atom stereocenters. The van der Waals surface area contributed by atoms with Gasteiger partial charge in [0.1, 0.15) is 5.82 Å². The first kappa shape index (κ1) is 15.3. The molecule has 7 nitrogen and oxygen atoms in total. The molecule has 0 aliphatic rings. The van der Waals surface area contributed by atoms with Crippen LogP contribution in [-0.4, -0.2) is 32.2 Å². The normalized spacial score (nSPS) is 11.3. The van der Waals surface area contributed by atoms with Crippen LogP contribution < -0.4 is 10.0 Å². The van der Waals surface area contributed by atoms with Crippen molar-refractivity contribution in [3.05, 3.63) is 34.1 Å². The third-order valence-electron chi connectivity index (χ3n) is 2.16. The zero-order chi connectivity index (χ0) is 14.5. The number of non-ortho nitro benzene ring substituents is 1. The number of hydrogen-bond donors (Lipinski definition) is 2. The summed E-state index contributed by atoms with van der Waals surface area (Å²) in [6.45, 7) is 1.96. The summed E-state index contributed by atoms with van der Waals surface area (Å²) in [7, 11) is -3.38. The minimum Gasteiger partial charge on any atom is -0.384 e. The molecule has 0 bridgehead atoms. The third kappa shape index (κ3) is 5.18. The molecule has 0 aliphatic heterocycles. The van der Waals surface area contributed by atoms with Gasteiger partial charge in [0.2, 0.25) is 10.0 Å². The molecule has 2 N–H and O–H groups in total. The molecule has 0 saturated heterocycles. The molecule has 0 radical (unpaired) electrons. The van der Waals surface area contributed by atoms with Crippen molar-refractivity contribution in [2.24, 2.45) is 0 Å². The summed E-state index contributed by atoms with van der Waals surface area (Å²) < 4.78 is 38.1. The van der Waals surface area contributed by atoms with Crippen LogP contribution in [0.3, 0.4) is 0 Å². The average molecular weight is 291 g/mol. The fraction of sp³-hybridized carbons (Fsp3) is 0.400. The van der Waals surface area contributed by atoms with Gasteiger partial charge in [-0.3, -0.25) is 10.1 Å². The SMILES string of the molecule is CCNS(=O)(=O)CCNc1cc(F)cc([N+](=O)[O-])c1. The maximum absolute atomic E-state index is 13.1. The van der Waals surface area contributed by atoms with Crippen molar-refractivity contribution >= 4 is 21.4 Å². The summed E-state index contributed by atoms with van der Waals surface area (Å²) in [5.74, 6) is -0.961. The summed E-state index contributed by atoms with van der Waals surface area (Å²) in [6, 6.07) is 3.00. The van der Waals surface area contributed by atoms with E-state index in [-0.39, 0.29) is 24.5 Å². The molecule has 0 aliphatic carbocycles. The molecule has 0 fully saturated rings. The van der Waals surface area contributed by atoms with Gasteiger partial charge in [0.05, 0.1) is 16.7 Å². The van der Waals surface area contributed by atoms with Gasteiger partial charge in [-0.15, -0.1) is 0 Å². The Bertz CT molecular complexity index is 562. The lowest BCUT2D eigenvalue weighted by molar-refractivity contribution is -0.385. The number of hydrogen-bond acceptors (Lipinski definition) is 5. The fourth-order valence-corrected chi connectivity index (χ4v) is 2.36. The van der Waals surface area contributed by atoms with Crippen molar-refractivity contribution in [1.29, 1.82) is 0 Å². The lowest BCUT2D eigenvalue weighted by atomic mass is 10.2. The second-order valence-electron chi connectivity index (χ2n) is 3.70. The van der Waals surface area contributed by atoms with Gasteiger partial charge in [-0.25, -0.2) is 17.5 Å². The van der Waals surface area contributed by atoms with Gasteiger partial charge in [-0.1, -0.05) is 6.92 Å². The smallest absolute Gasteiger partial charge is 0.274 e. The summed E-state index contributed by atoms with van der Waals surface area (Å²) in [5, 5.41) is 13.2. The van der Waals surface area contributed by atoms with Crippen molar-refractivity contribution in [2.75, 3.05) is 24.2 Å². The third-order valence-corrected chi connectivity index (χ3v) is 3.63. The number of nitro benzene ring substituents is 1. The highest BCUT2D eigenvalue weighted by Crippen LogP contribution is 2.19. The molecule has 1 aromatic carbocycles. The molecule has 0 saturated carbocycles. The van der Waals surface area contributed by atoms with E-state index in [2.05, 4.69) is 10.0 Å². The van der Waals surface area contributed by atoms with Crippen LogP contribution in [-0.2, 0) is 10.0 Å². The molecular formula is C10H14FN3O4S. The maximum atomic E-state index is 13.1. The second-order valence-corrected chi connectivity index (χ2v) is 5.63. The van der Waals surface area contributed by atoms with Crippen LogP contribution in [0.25, 0.3) is 0 Å². The van der Waals surface area contributed by atoms with Crippen LogP contribution in [0.15, 0.2) is 18.2 Å². The molecule has 0 amide bonds. The predicted octanol–water partition coefficient (Wildman–Crippen LogP) is 1.09. The maximum Gasteiger partial charge on any atom is 0.274 e. The van der Waals surface area contributed by atoms with E-state index in [0.29, 0.717) is 0 Å². The average Bonchev–Trinajstić information content (AvgIpc) is 2.27. The van der Waals surface area contributed by atoms with Crippen LogP contribution >= 0.6 is 0 Å². The Kier molecular flexibility index (Phi) is 5.19. The van der Waals surface area contributed by atoms with Gasteiger partial charge < -0.3 is 5.32 Å². The number of rotatable bonds is 7. The Morgan fingerprint density at radius 2 is 2.05 bits per heavy atom. The Hall–Kier alpha value is -1.74. The molecule has 0 spiro atoms. The topological polar surface area (TPSA) is 101 Å². The van der Waals surface area contributed by atoms with E-state index >= 15 is 0 Å². The van der Waals surface area contributed by atoms with Crippen LogP contribution in [0.1, 0.15) is 6.92 Å². The monoisotopic (exact) mass is 291 g/mol. The number of halogens is 1. The second kappa shape index (κ2) is 6.43. The zero-order valence-electron chi connectivity index (χ0n) is 10.2. The van der Waals surface area contributed by atoms with Crippen LogP contribution in [0.2, 0.25) is 0 Å². The van der Waals surface area contributed by atoms with Gasteiger partial charge >= 0.3 is 0 Å². The van der Waals surface area contributed by atoms with E-state index in [1.54, 1.807) is 6.92 Å². The first-order chi connectivity index (χ1) is 8.84. The molecule has 0 aromatic heterocycles. The number of benzene rings is 1. The van der Waals surface area contributed by atoms with E-state index in [9.17, 15) is 22.9 Å². The van der Waals surface area contributed by atoms with Gasteiger partial charge in [-0.2, -0.15) is 0 Å². The van der Waals surface area contributed by atoms with Crippen LogP contribution in [0.4, 0.5) is 15.8 Å². The quantitative estimate of drug-likeness (QED) is 0.578. The largest absolute Gasteiger partial charge is 0.384 e. The summed E-state index contributed by atoms with van der Waals surface area (Å²) >= 11 is 0. The van der Waals surface area contributed by atoms with Gasteiger partial charge in [-0.05, 0) is 6.07 Å². The lowest BCUT2D eigenvalue weighted by Crippen LogP contribution is -2.29. The van der Waals surface area contributed by atoms with Crippen molar-refractivity contribution < 1.29 is 17.7 Å². The van der Waals surface area contributed by atoms with E-state index in [4.69, 9.17) is 0 Å². The standard InChI is InChI=1S/C10H14FN3O4S/c1-2-13-19(17,18)4-3-12-9-5-8(11)6-10(7-9)14(15)16/h5-7,12-13H,2-4H2,1H3. The first-order valence-corrected chi connectivity index (χ1v) is 7.15. The minimum atomic E-state index is -3.38. The van der Waals surface area contributed by atoms with E-state index in [1.807, 2.05) is 0 Å². The van der Waals surface area contributed by atoms with Gasteiger partial charge in [0.15, 0.2) is 0 Å². The molecule has 0 heterocycles. The lowest BCUT2D eigenvalue weighted by Gasteiger charge is -2.07. The van der Waals surface area contributed by atoms with Gasteiger partial charge in [0, 0.05) is 24.8 Å². The minimum absolute atomic E-state index is 0.0238. The number of nitrogens with one attached hydrogen (secondary N) is 2. The Morgan fingerprint density at radius 3 is 2.63 bits per heavy atom. The molecule has 0 atom stereocenters. The highest BCUT2D eigenvalue weighted by molar-refractivity contribution is 7.89. The molecule has 1 rings (SSSR count). The molecular weight excluding hydrogens is 277 g/mol. The summed E-state index contributed by atoms with van der Waals surface area (Å²) in [6.07, 6.45) is 0. The van der Waals surface area contributed by atoms with Gasteiger partial charge in [0.25, 0.3) is 5.69 Å². The molecule has 1 aromatic rings. The van der Waals surface area contributed by atoms with E-state index in [0.717, 1.165) is 18.2 Å². The van der Waals surface area contributed by atoms with E-state index in [1.165, 1.54) is 0 Å². The Labute approximate surface area is 110 Å². The number of anilines is 1. The fourth-order valence-electron chi connectivity index (χ4n) is 1.40. The summed E-state index contributed by atoms with van der Waals surface area (Å²) in [4.78, 5) is 9.81. The Morgan fingerprint density at radius 1 is 1.37 bits per heavy atom. The molecule has 106 valence electrons. The zero-order valence-corrected chi connectivity index (χ0v) is 11.0. The van der Waals surface area contributed by atoms with Crippen LogP contribution in [0.5, 0.6) is 0 Å².